The van der Waals surface area contributed by atoms with Gasteiger partial charge in [-0.25, -0.2) is 0 Å². The van der Waals surface area contributed by atoms with Crippen LogP contribution in [0, 0.1) is 5.92 Å². The molecule has 1 saturated heterocycles. The first-order valence-electron chi connectivity index (χ1n) is 7.32. The predicted molar refractivity (Wildman–Crippen MR) is 83.0 cm³/mol. The molecule has 0 unspecified atom stereocenters. The van der Waals surface area contributed by atoms with Gasteiger partial charge in [0.1, 0.15) is 11.5 Å². The summed E-state index contributed by atoms with van der Waals surface area (Å²) in [6.45, 7) is 2.14. The van der Waals surface area contributed by atoms with Gasteiger partial charge in [-0.2, -0.15) is 0 Å². The van der Waals surface area contributed by atoms with E-state index in [0.29, 0.717) is 29.5 Å². The number of rotatable bonds is 5. The maximum Gasteiger partial charge on any atom is 0.224 e. The molecule has 1 N–H and O–H groups in total. The quantitative estimate of drug-likeness (QED) is 0.905. The number of carbonyl (C=O) groups excluding carboxylic acids is 1. The third kappa shape index (κ3) is 4.36. The van der Waals surface area contributed by atoms with Gasteiger partial charge in [0.25, 0.3) is 0 Å². The van der Waals surface area contributed by atoms with Crippen LogP contribution in [0.5, 0.6) is 11.5 Å². The van der Waals surface area contributed by atoms with Crippen molar-refractivity contribution in [3.05, 3.63) is 18.2 Å². The fourth-order valence-electron chi connectivity index (χ4n) is 2.64. The zero-order chi connectivity index (χ0) is 15.2. The maximum atomic E-state index is 12.2. The van der Waals surface area contributed by atoms with Gasteiger partial charge in [0.05, 0.1) is 19.9 Å². The summed E-state index contributed by atoms with van der Waals surface area (Å²) in [6.07, 6.45) is 2.73. The van der Waals surface area contributed by atoms with Crippen molar-refractivity contribution in [3.63, 3.8) is 0 Å². The smallest absolute Gasteiger partial charge is 0.224 e. The molecule has 1 heterocycles. The summed E-state index contributed by atoms with van der Waals surface area (Å²) in [4.78, 5) is 14.5. The van der Waals surface area contributed by atoms with Crippen molar-refractivity contribution < 1.29 is 14.3 Å². The Balaban J connectivity index is 1.95. The molecule has 0 aromatic heterocycles. The van der Waals surface area contributed by atoms with Crippen molar-refractivity contribution >= 4 is 11.6 Å². The number of methoxy groups -OCH3 is 2. The summed E-state index contributed by atoms with van der Waals surface area (Å²) < 4.78 is 10.5. The van der Waals surface area contributed by atoms with Crippen LogP contribution in [0.15, 0.2) is 18.2 Å². The lowest BCUT2D eigenvalue weighted by Gasteiger charge is -2.28. The van der Waals surface area contributed by atoms with Gasteiger partial charge < -0.3 is 19.7 Å². The van der Waals surface area contributed by atoms with Crippen molar-refractivity contribution in [1.29, 1.82) is 0 Å². The minimum absolute atomic E-state index is 0.0381. The highest BCUT2D eigenvalue weighted by Crippen LogP contribution is 2.29. The molecule has 21 heavy (non-hydrogen) atoms. The van der Waals surface area contributed by atoms with Crippen LogP contribution in [0.4, 0.5) is 5.69 Å². The number of likely N-dealkylation sites (tertiary alicyclic amines) is 1. The first-order valence-corrected chi connectivity index (χ1v) is 7.32. The highest BCUT2D eigenvalue weighted by Gasteiger charge is 2.20. The number of piperidine rings is 1. The molecule has 0 radical (unpaired) electrons. The topological polar surface area (TPSA) is 50.8 Å². The monoisotopic (exact) mass is 292 g/mol. The molecule has 1 aromatic rings. The zero-order valence-electron chi connectivity index (χ0n) is 13.0. The first kappa shape index (κ1) is 15.6. The number of carbonyl (C=O) groups is 1. The third-order valence-corrected chi connectivity index (χ3v) is 3.99. The van der Waals surface area contributed by atoms with Crippen LogP contribution < -0.4 is 14.8 Å². The number of ether oxygens (including phenoxy) is 2. The Morgan fingerprint density at radius 2 is 2.00 bits per heavy atom. The van der Waals surface area contributed by atoms with E-state index < -0.39 is 0 Å². The molecule has 0 bridgehead atoms. The maximum absolute atomic E-state index is 12.2. The van der Waals surface area contributed by atoms with E-state index in [1.807, 2.05) is 6.07 Å². The molecule has 0 spiro atoms. The molecule has 1 aliphatic heterocycles. The largest absolute Gasteiger partial charge is 0.497 e. The highest BCUT2D eigenvalue weighted by atomic mass is 16.5. The molecule has 5 nitrogen and oxygen atoms in total. The molecule has 2 rings (SSSR count). The Morgan fingerprint density at radius 1 is 1.29 bits per heavy atom. The molecular weight excluding hydrogens is 268 g/mol. The molecule has 1 amide bonds. The zero-order valence-corrected chi connectivity index (χ0v) is 13.0. The van der Waals surface area contributed by atoms with Crippen molar-refractivity contribution in [3.8, 4) is 11.5 Å². The fraction of sp³-hybridized carbons (Fsp3) is 0.562. The normalized spacial score (nSPS) is 16.5. The predicted octanol–water partition coefficient (Wildman–Crippen LogP) is 2.37. The Hall–Kier alpha value is -1.75. The average molecular weight is 292 g/mol. The molecule has 116 valence electrons. The molecule has 1 aliphatic rings. The van der Waals surface area contributed by atoms with Crippen molar-refractivity contribution in [1.82, 2.24) is 4.90 Å². The number of nitrogens with one attached hydrogen (secondary N) is 1. The van der Waals surface area contributed by atoms with Gasteiger partial charge in [0.2, 0.25) is 5.91 Å². The van der Waals surface area contributed by atoms with Crippen LogP contribution >= 0.6 is 0 Å². The second-order valence-corrected chi connectivity index (χ2v) is 5.57. The highest BCUT2D eigenvalue weighted by molar-refractivity contribution is 5.92. The molecule has 0 saturated carbocycles. The number of hydrogen-bond acceptors (Lipinski definition) is 4. The third-order valence-electron chi connectivity index (χ3n) is 3.99. The van der Waals surface area contributed by atoms with E-state index >= 15 is 0 Å². The fourth-order valence-corrected chi connectivity index (χ4v) is 2.64. The van der Waals surface area contributed by atoms with Crippen LogP contribution in [0.25, 0.3) is 0 Å². The van der Waals surface area contributed by atoms with Crippen molar-refractivity contribution in [2.24, 2.45) is 5.92 Å². The van der Waals surface area contributed by atoms with Crippen LogP contribution in [0.2, 0.25) is 0 Å². The van der Waals surface area contributed by atoms with E-state index in [2.05, 4.69) is 17.3 Å². The molecular formula is C16H24N2O3. The molecule has 0 atom stereocenters. The molecule has 0 aliphatic carbocycles. The number of benzene rings is 1. The molecule has 1 fully saturated rings. The second kappa shape index (κ2) is 7.31. The van der Waals surface area contributed by atoms with Crippen LogP contribution in [0.3, 0.4) is 0 Å². The van der Waals surface area contributed by atoms with E-state index in [0.717, 1.165) is 25.9 Å². The van der Waals surface area contributed by atoms with E-state index in [4.69, 9.17) is 9.47 Å². The summed E-state index contributed by atoms with van der Waals surface area (Å²) in [5.74, 6) is 1.85. The van der Waals surface area contributed by atoms with Crippen LogP contribution in [-0.4, -0.2) is 45.2 Å². The number of amides is 1. The van der Waals surface area contributed by atoms with E-state index in [9.17, 15) is 4.79 Å². The minimum atomic E-state index is 0.0381. The lowest BCUT2D eigenvalue weighted by atomic mass is 9.93. The average Bonchev–Trinajstić information content (AvgIpc) is 2.49. The number of nitrogens with zero attached hydrogens (tertiary/aromatic N) is 1. The van der Waals surface area contributed by atoms with Gasteiger partial charge in [-0.15, -0.1) is 0 Å². The van der Waals surface area contributed by atoms with E-state index in [-0.39, 0.29) is 5.91 Å². The van der Waals surface area contributed by atoms with Gasteiger partial charge in [0.15, 0.2) is 0 Å². The summed E-state index contributed by atoms with van der Waals surface area (Å²) in [7, 11) is 5.32. The Bertz CT molecular complexity index is 482. The summed E-state index contributed by atoms with van der Waals surface area (Å²) >= 11 is 0. The molecule has 1 aromatic carbocycles. The SMILES string of the molecule is COc1ccc(OC)c(NC(=O)CC2CCN(C)CC2)c1. The van der Waals surface area contributed by atoms with E-state index in [1.165, 1.54) is 0 Å². The summed E-state index contributed by atoms with van der Waals surface area (Å²) in [6, 6.07) is 5.39. The van der Waals surface area contributed by atoms with Gasteiger partial charge >= 0.3 is 0 Å². The van der Waals surface area contributed by atoms with Gasteiger partial charge in [0, 0.05) is 12.5 Å². The number of anilines is 1. The van der Waals surface area contributed by atoms with E-state index in [1.54, 1.807) is 26.4 Å². The van der Waals surface area contributed by atoms with Gasteiger partial charge in [-0.1, -0.05) is 0 Å². The van der Waals surface area contributed by atoms with Crippen LogP contribution in [-0.2, 0) is 4.79 Å². The second-order valence-electron chi connectivity index (χ2n) is 5.57. The van der Waals surface area contributed by atoms with Gasteiger partial charge in [-0.05, 0) is 51.0 Å². The Kier molecular flexibility index (Phi) is 5.44. The number of hydrogen-bond donors (Lipinski definition) is 1. The van der Waals surface area contributed by atoms with Crippen molar-refractivity contribution in [2.45, 2.75) is 19.3 Å². The lowest BCUT2D eigenvalue weighted by molar-refractivity contribution is -0.117. The molecule has 5 heteroatoms. The van der Waals surface area contributed by atoms with Crippen LogP contribution in [0.1, 0.15) is 19.3 Å². The minimum Gasteiger partial charge on any atom is -0.497 e. The lowest BCUT2D eigenvalue weighted by Crippen LogP contribution is -2.31. The first-order chi connectivity index (χ1) is 10.1. The standard InChI is InChI=1S/C16H24N2O3/c1-18-8-6-12(7-9-18)10-16(19)17-14-11-13(20-2)4-5-15(14)21-3/h4-5,11-12H,6-10H2,1-3H3,(H,17,19). The van der Waals surface area contributed by atoms with Gasteiger partial charge in [-0.3, -0.25) is 4.79 Å². The Morgan fingerprint density at radius 3 is 2.62 bits per heavy atom. The summed E-state index contributed by atoms with van der Waals surface area (Å²) in [5.41, 5.74) is 0.662. The Labute approximate surface area is 126 Å². The summed E-state index contributed by atoms with van der Waals surface area (Å²) in [5, 5.41) is 2.94. The van der Waals surface area contributed by atoms with Crippen molar-refractivity contribution in [2.75, 3.05) is 39.7 Å².